The molecule has 118 valence electrons. The van der Waals surface area contributed by atoms with Gasteiger partial charge in [-0.15, -0.1) is 12.4 Å². The van der Waals surface area contributed by atoms with Crippen molar-refractivity contribution in [3.8, 4) is 0 Å². The van der Waals surface area contributed by atoms with Gasteiger partial charge in [0.15, 0.2) is 0 Å². The topological polar surface area (TPSA) is 58.6 Å². The van der Waals surface area contributed by atoms with Crippen molar-refractivity contribution in [3.63, 3.8) is 0 Å². The van der Waals surface area contributed by atoms with Gasteiger partial charge in [-0.3, -0.25) is 9.59 Å². The van der Waals surface area contributed by atoms with E-state index in [1.165, 1.54) is 0 Å². The van der Waals surface area contributed by atoms with Gasteiger partial charge in [0.1, 0.15) is 6.54 Å². The number of hydrogen-bond acceptors (Lipinski definition) is 4. The summed E-state index contributed by atoms with van der Waals surface area (Å²) in [6.45, 7) is 7.86. The molecule has 5 nitrogen and oxygen atoms in total. The third kappa shape index (κ3) is 7.10. The number of nitrogens with zero attached hydrogens (tertiary/aromatic N) is 1. The van der Waals surface area contributed by atoms with Gasteiger partial charge in [0.25, 0.3) is 0 Å². The van der Waals surface area contributed by atoms with Crippen LogP contribution in [0.1, 0.15) is 40.0 Å². The summed E-state index contributed by atoms with van der Waals surface area (Å²) < 4.78 is 4.93. The molecule has 0 bridgehead atoms. The van der Waals surface area contributed by atoms with Crippen molar-refractivity contribution in [2.24, 2.45) is 5.92 Å². The number of carbonyl (C=O) groups excluding carboxylic acids is 2. The lowest BCUT2D eigenvalue weighted by molar-refractivity contribution is -0.149. The number of amides is 1. The quantitative estimate of drug-likeness (QED) is 0.726. The molecule has 1 rings (SSSR count). The Morgan fingerprint density at radius 3 is 2.60 bits per heavy atom. The van der Waals surface area contributed by atoms with Gasteiger partial charge in [0, 0.05) is 19.0 Å². The molecule has 1 N–H and O–H groups in total. The Hall–Kier alpha value is -0.810. The van der Waals surface area contributed by atoms with E-state index in [4.69, 9.17) is 4.74 Å². The van der Waals surface area contributed by atoms with Crippen LogP contribution in [-0.2, 0) is 14.3 Å². The van der Waals surface area contributed by atoms with Crippen LogP contribution in [0.15, 0.2) is 0 Å². The van der Waals surface area contributed by atoms with Crippen LogP contribution < -0.4 is 5.32 Å². The molecule has 0 aliphatic carbocycles. The smallest absolute Gasteiger partial charge is 0.325 e. The Balaban J connectivity index is 0.00000361. The fourth-order valence-corrected chi connectivity index (χ4v) is 2.33. The summed E-state index contributed by atoms with van der Waals surface area (Å²) in [5.74, 6) is 0.0620. The lowest BCUT2D eigenvalue weighted by Crippen LogP contribution is -2.41. The molecule has 0 saturated carbocycles. The van der Waals surface area contributed by atoms with Crippen LogP contribution in [0.4, 0.5) is 0 Å². The highest BCUT2D eigenvalue weighted by atomic mass is 35.5. The Kier molecular flexibility index (Phi) is 9.59. The number of ether oxygens (including phenoxy) is 1. The standard InChI is InChI=1S/C14H26N2O3.ClH/c1-4-19-14(18)10-16(9-11(2)3)13(17)8-12-6-5-7-15-12;/h11-12,15H,4-10H2,1-3H3;1H. The number of hydrogen-bond donors (Lipinski definition) is 1. The Bertz CT molecular complexity index is 305. The second kappa shape index (κ2) is 10.00. The molecule has 1 atom stereocenters. The van der Waals surface area contributed by atoms with Crippen molar-refractivity contribution in [1.82, 2.24) is 10.2 Å². The number of carbonyl (C=O) groups is 2. The van der Waals surface area contributed by atoms with E-state index in [0.717, 1.165) is 19.4 Å². The van der Waals surface area contributed by atoms with Gasteiger partial charge >= 0.3 is 5.97 Å². The predicted octanol–water partition coefficient (Wildman–Crippen LogP) is 1.60. The number of rotatable bonds is 7. The van der Waals surface area contributed by atoms with Crippen LogP contribution in [0.25, 0.3) is 0 Å². The molecule has 0 aromatic carbocycles. The van der Waals surface area contributed by atoms with Gasteiger partial charge in [-0.2, -0.15) is 0 Å². The molecule has 0 aromatic rings. The third-order valence-corrected chi connectivity index (χ3v) is 3.15. The van der Waals surface area contributed by atoms with E-state index in [2.05, 4.69) is 5.32 Å². The fraction of sp³-hybridized carbons (Fsp3) is 0.857. The summed E-state index contributed by atoms with van der Waals surface area (Å²) in [6.07, 6.45) is 2.65. The molecule has 20 heavy (non-hydrogen) atoms. The number of nitrogens with one attached hydrogen (secondary N) is 1. The van der Waals surface area contributed by atoms with E-state index < -0.39 is 0 Å². The summed E-state index contributed by atoms with van der Waals surface area (Å²) in [5, 5.41) is 3.31. The molecule has 0 aromatic heterocycles. The van der Waals surface area contributed by atoms with Crippen molar-refractivity contribution in [2.75, 3.05) is 26.2 Å². The largest absolute Gasteiger partial charge is 0.465 e. The van der Waals surface area contributed by atoms with Crippen LogP contribution in [0, 0.1) is 5.92 Å². The lowest BCUT2D eigenvalue weighted by atomic mass is 10.1. The second-order valence-electron chi connectivity index (χ2n) is 5.47. The van der Waals surface area contributed by atoms with E-state index in [1.54, 1.807) is 11.8 Å². The van der Waals surface area contributed by atoms with E-state index in [9.17, 15) is 9.59 Å². The van der Waals surface area contributed by atoms with Crippen molar-refractivity contribution >= 4 is 24.3 Å². The Morgan fingerprint density at radius 1 is 1.40 bits per heavy atom. The first-order valence-corrected chi connectivity index (χ1v) is 7.19. The summed E-state index contributed by atoms with van der Waals surface area (Å²) in [4.78, 5) is 25.4. The molecular weight excluding hydrogens is 280 g/mol. The zero-order valence-corrected chi connectivity index (χ0v) is 13.5. The molecule has 1 amide bonds. The maximum Gasteiger partial charge on any atom is 0.325 e. The predicted molar refractivity (Wildman–Crippen MR) is 80.9 cm³/mol. The SMILES string of the molecule is CCOC(=O)CN(CC(C)C)C(=O)CC1CCCN1.Cl. The minimum atomic E-state index is -0.323. The number of esters is 1. The summed E-state index contributed by atoms with van der Waals surface area (Å²) in [5.41, 5.74) is 0. The van der Waals surface area contributed by atoms with Gasteiger partial charge in [-0.05, 0) is 32.2 Å². The first-order chi connectivity index (χ1) is 9.02. The van der Waals surface area contributed by atoms with E-state index in [0.29, 0.717) is 25.5 Å². The molecule has 1 heterocycles. The number of halogens is 1. The van der Waals surface area contributed by atoms with Crippen molar-refractivity contribution in [3.05, 3.63) is 0 Å². The summed E-state index contributed by atoms with van der Waals surface area (Å²) in [6, 6.07) is 0.268. The monoisotopic (exact) mass is 306 g/mol. The van der Waals surface area contributed by atoms with Gasteiger partial charge in [0.2, 0.25) is 5.91 Å². The van der Waals surface area contributed by atoms with E-state index in [-0.39, 0.29) is 36.9 Å². The van der Waals surface area contributed by atoms with Gasteiger partial charge in [-0.25, -0.2) is 0 Å². The fourth-order valence-electron chi connectivity index (χ4n) is 2.33. The van der Waals surface area contributed by atoms with Crippen LogP contribution in [0.2, 0.25) is 0 Å². The van der Waals surface area contributed by atoms with Gasteiger partial charge in [-0.1, -0.05) is 13.8 Å². The maximum atomic E-state index is 12.3. The Labute approximate surface area is 127 Å². The first-order valence-electron chi connectivity index (χ1n) is 7.19. The molecule has 0 radical (unpaired) electrons. The maximum absolute atomic E-state index is 12.3. The normalized spacial score (nSPS) is 17.7. The third-order valence-electron chi connectivity index (χ3n) is 3.15. The van der Waals surface area contributed by atoms with E-state index >= 15 is 0 Å². The second-order valence-corrected chi connectivity index (χ2v) is 5.47. The molecule has 1 unspecified atom stereocenters. The summed E-state index contributed by atoms with van der Waals surface area (Å²) >= 11 is 0. The van der Waals surface area contributed by atoms with Crippen molar-refractivity contribution < 1.29 is 14.3 Å². The molecule has 6 heteroatoms. The summed E-state index contributed by atoms with van der Waals surface area (Å²) in [7, 11) is 0. The highest BCUT2D eigenvalue weighted by Crippen LogP contribution is 2.11. The molecular formula is C14H27ClN2O3. The van der Waals surface area contributed by atoms with Crippen LogP contribution in [0.3, 0.4) is 0 Å². The highest BCUT2D eigenvalue weighted by molar-refractivity contribution is 5.85. The molecule has 1 aliphatic rings. The zero-order chi connectivity index (χ0) is 14.3. The van der Waals surface area contributed by atoms with Gasteiger partial charge < -0.3 is 15.0 Å². The van der Waals surface area contributed by atoms with Crippen LogP contribution in [-0.4, -0.2) is 49.1 Å². The van der Waals surface area contributed by atoms with Crippen molar-refractivity contribution in [2.45, 2.75) is 46.1 Å². The minimum Gasteiger partial charge on any atom is -0.465 e. The highest BCUT2D eigenvalue weighted by Gasteiger charge is 2.23. The van der Waals surface area contributed by atoms with Crippen molar-refractivity contribution in [1.29, 1.82) is 0 Å². The molecule has 1 aliphatic heterocycles. The lowest BCUT2D eigenvalue weighted by Gasteiger charge is -2.25. The first kappa shape index (κ1) is 19.2. The minimum absolute atomic E-state index is 0. The average molecular weight is 307 g/mol. The van der Waals surface area contributed by atoms with Crippen LogP contribution in [0.5, 0.6) is 0 Å². The van der Waals surface area contributed by atoms with Crippen LogP contribution >= 0.6 is 12.4 Å². The van der Waals surface area contributed by atoms with Gasteiger partial charge in [0.05, 0.1) is 6.61 Å². The molecule has 1 saturated heterocycles. The molecule has 0 spiro atoms. The average Bonchev–Trinajstić information content (AvgIpc) is 2.80. The zero-order valence-electron chi connectivity index (χ0n) is 12.7. The van der Waals surface area contributed by atoms with E-state index in [1.807, 2.05) is 13.8 Å². The molecule has 1 fully saturated rings. The Morgan fingerprint density at radius 2 is 2.10 bits per heavy atom.